The van der Waals surface area contributed by atoms with Gasteiger partial charge in [0.2, 0.25) is 0 Å². The molecule has 1 rings (SSSR count). The summed E-state index contributed by atoms with van der Waals surface area (Å²) in [5.74, 6) is 0.779. The number of aromatic nitrogens is 2. The molecule has 17 heavy (non-hydrogen) atoms. The van der Waals surface area contributed by atoms with Crippen LogP contribution in [0.3, 0.4) is 0 Å². The second-order valence-electron chi connectivity index (χ2n) is 6.19. The summed E-state index contributed by atoms with van der Waals surface area (Å²) in [4.78, 5) is 0. The Bertz CT molecular complexity index is 320. The third-order valence-corrected chi connectivity index (χ3v) is 2.76. The third kappa shape index (κ3) is 5.87. The van der Waals surface area contributed by atoms with Crippen molar-refractivity contribution in [2.45, 2.75) is 66.1 Å². The molecular weight excluding hydrogens is 210 g/mol. The van der Waals surface area contributed by atoms with Gasteiger partial charge < -0.3 is 5.32 Å². The molecule has 0 aromatic carbocycles. The lowest BCUT2D eigenvalue weighted by atomic mass is 10.1. The Morgan fingerprint density at radius 3 is 2.65 bits per heavy atom. The van der Waals surface area contributed by atoms with Crippen LogP contribution in [-0.4, -0.2) is 15.3 Å². The van der Waals surface area contributed by atoms with Gasteiger partial charge in [-0.3, -0.25) is 4.68 Å². The van der Waals surface area contributed by atoms with Crippen molar-refractivity contribution in [3.05, 3.63) is 18.0 Å². The van der Waals surface area contributed by atoms with Crippen molar-refractivity contribution < 1.29 is 0 Å². The van der Waals surface area contributed by atoms with E-state index in [0.29, 0.717) is 0 Å². The summed E-state index contributed by atoms with van der Waals surface area (Å²) in [6.07, 6.45) is 4.38. The Balaban J connectivity index is 2.43. The first-order valence-corrected chi connectivity index (χ1v) is 6.64. The van der Waals surface area contributed by atoms with Crippen LogP contribution in [0.15, 0.2) is 12.3 Å². The van der Waals surface area contributed by atoms with Crippen molar-refractivity contribution >= 4 is 0 Å². The molecule has 1 heterocycles. The van der Waals surface area contributed by atoms with Gasteiger partial charge in [-0.1, -0.05) is 13.8 Å². The van der Waals surface area contributed by atoms with E-state index in [4.69, 9.17) is 0 Å². The predicted octanol–water partition coefficient (Wildman–Crippen LogP) is 3.21. The smallest absolute Gasteiger partial charge is 0.0522 e. The molecule has 0 saturated carbocycles. The van der Waals surface area contributed by atoms with Gasteiger partial charge in [-0.15, -0.1) is 0 Å². The zero-order valence-electron chi connectivity index (χ0n) is 12.0. The van der Waals surface area contributed by atoms with Crippen molar-refractivity contribution in [3.8, 4) is 0 Å². The quantitative estimate of drug-likeness (QED) is 0.823. The highest BCUT2D eigenvalue weighted by Gasteiger charge is 2.10. The number of rotatable bonds is 6. The molecule has 3 nitrogen and oxygen atoms in total. The molecule has 0 aliphatic carbocycles. The predicted molar refractivity (Wildman–Crippen MR) is 72.9 cm³/mol. The Hall–Kier alpha value is -0.830. The molecule has 1 aromatic rings. The van der Waals surface area contributed by atoms with Crippen molar-refractivity contribution in [1.29, 1.82) is 0 Å². The van der Waals surface area contributed by atoms with E-state index in [0.717, 1.165) is 19.0 Å². The minimum atomic E-state index is 0.160. The number of nitrogens with zero attached hydrogens (tertiary/aromatic N) is 2. The molecule has 0 radical (unpaired) electrons. The Labute approximate surface area is 106 Å². The molecule has 0 bridgehead atoms. The van der Waals surface area contributed by atoms with Gasteiger partial charge >= 0.3 is 0 Å². The zero-order valence-corrected chi connectivity index (χ0v) is 12.0. The summed E-state index contributed by atoms with van der Waals surface area (Å²) in [6, 6.07) is 2.11. The van der Waals surface area contributed by atoms with E-state index >= 15 is 0 Å². The lowest BCUT2D eigenvalue weighted by molar-refractivity contribution is 0.406. The standard InChI is InChI=1S/C14H27N3/c1-12(2)7-6-10-17-13(8-9-16-17)11-15-14(3,4)5/h8-9,12,15H,6-7,10-11H2,1-5H3. The molecule has 0 spiro atoms. The van der Waals surface area contributed by atoms with Gasteiger partial charge in [0.05, 0.1) is 5.69 Å². The zero-order chi connectivity index (χ0) is 12.9. The fourth-order valence-corrected chi connectivity index (χ4v) is 1.72. The Kier molecular flexibility index (Phi) is 5.19. The van der Waals surface area contributed by atoms with Crippen LogP contribution in [0.2, 0.25) is 0 Å². The molecule has 0 aliphatic rings. The van der Waals surface area contributed by atoms with E-state index in [9.17, 15) is 0 Å². The monoisotopic (exact) mass is 237 g/mol. The molecule has 0 fully saturated rings. The van der Waals surface area contributed by atoms with Crippen molar-refractivity contribution in [2.24, 2.45) is 5.92 Å². The van der Waals surface area contributed by atoms with Gasteiger partial charge in [0.25, 0.3) is 0 Å². The average molecular weight is 237 g/mol. The molecular formula is C14H27N3. The average Bonchev–Trinajstić information content (AvgIpc) is 2.61. The molecule has 1 aromatic heterocycles. The summed E-state index contributed by atoms with van der Waals surface area (Å²) in [6.45, 7) is 13.0. The molecule has 1 N–H and O–H groups in total. The van der Waals surface area contributed by atoms with Crippen LogP contribution in [0, 0.1) is 5.92 Å². The first kappa shape index (κ1) is 14.2. The molecule has 0 amide bonds. The fourth-order valence-electron chi connectivity index (χ4n) is 1.72. The van der Waals surface area contributed by atoms with Gasteiger partial charge in [0.15, 0.2) is 0 Å². The van der Waals surface area contributed by atoms with Gasteiger partial charge in [-0.2, -0.15) is 5.10 Å². The SMILES string of the molecule is CC(C)CCCn1nccc1CNC(C)(C)C. The maximum absolute atomic E-state index is 4.39. The van der Waals surface area contributed by atoms with E-state index in [-0.39, 0.29) is 5.54 Å². The highest BCUT2D eigenvalue weighted by atomic mass is 15.3. The summed E-state index contributed by atoms with van der Waals surface area (Å²) < 4.78 is 2.13. The summed E-state index contributed by atoms with van der Waals surface area (Å²) >= 11 is 0. The summed E-state index contributed by atoms with van der Waals surface area (Å²) in [5, 5.41) is 7.89. The number of nitrogens with one attached hydrogen (secondary N) is 1. The third-order valence-electron chi connectivity index (χ3n) is 2.76. The van der Waals surface area contributed by atoms with Gasteiger partial charge in [0.1, 0.15) is 0 Å². The van der Waals surface area contributed by atoms with E-state index in [1.807, 2.05) is 6.20 Å². The summed E-state index contributed by atoms with van der Waals surface area (Å²) in [5.41, 5.74) is 1.44. The van der Waals surface area contributed by atoms with Gasteiger partial charge in [-0.25, -0.2) is 0 Å². The van der Waals surface area contributed by atoms with Crippen LogP contribution >= 0.6 is 0 Å². The minimum absolute atomic E-state index is 0.160. The Morgan fingerprint density at radius 1 is 1.35 bits per heavy atom. The molecule has 0 atom stereocenters. The first-order chi connectivity index (χ1) is 7.88. The normalized spacial score (nSPS) is 12.4. The van der Waals surface area contributed by atoms with Gasteiger partial charge in [0, 0.05) is 24.8 Å². The first-order valence-electron chi connectivity index (χ1n) is 6.64. The van der Waals surface area contributed by atoms with Crippen molar-refractivity contribution in [3.63, 3.8) is 0 Å². The number of hydrogen-bond donors (Lipinski definition) is 1. The largest absolute Gasteiger partial charge is 0.306 e. The highest BCUT2D eigenvalue weighted by molar-refractivity contribution is 5.00. The van der Waals surface area contributed by atoms with E-state index < -0.39 is 0 Å². The molecule has 3 heteroatoms. The van der Waals surface area contributed by atoms with E-state index in [1.54, 1.807) is 0 Å². The van der Waals surface area contributed by atoms with Crippen LogP contribution in [0.25, 0.3) is 0 Å². The van der Waals surface area contributed by atoms with Crippen molar-refractivity contribution in [1.82, 2.24) is 15.1 Å². The summed E-state index contributed by atoms with van der Waals surface area (Å²) in [7, 11) is 0. The lowest BCUT2D eigenvalue weighted by Gasteiger charge is -2.20. The van der Waals surface area contributed by atoms with Crippen LogP contribution in [0.4, 0.5) is 0 Å². The number of aryl methyl sites for hydroxylation is 1. The fraction of sp³-hybridized carbons (Fsp3) is 0.786. The highest BCUT2D eigenvalue weighted by Crippen LogP contribution is 2.08. The lowest BCUT2D eigenvalue weighted by Crippen LogP contribution is -2.35. The van der Waals surface area contributed by atoms with E-state index in [1.165, 1.54) is 18.5 Å². The Morgan fingerprint density at radius 2 is 2.06 bits per heavy atom. The minimum Gasteiger partial charge on any atom is -0.306 e. The van der Waals surface area contributed by atoms with Crippen LogP contribution in [0.1, 0.15) is 53.2 Å². The molecule has 0 saturated heterocycles. The maximum atomic E-state index is 4.39. The van der Waals surface area contributed by atoms with Crippen LogP contribution in [0.5, 0.6) is 0 Å². The van der Waals surface area contributed by atoms with Crippen LogP contribution in [-0.2, 0) is 13.1 Å². The molecule has 0 unspecified atom stereocenters. The molecule has 98 valence electrons. The van der Waals surface area contributed by atoms with Gasteiger partial charge in [-0.05, 0) is 45.6 Å². The molecule has 0 aliphatic heterocycles. The van der Waals surface area contributed by atoms with E-state index in [2.05, 4.69) is 55.8 Å². The topological polar surface area (TPSA) is 29.9 Å². The maximum Gasteiger partial charge on any atom is 0.0522 e. The second kappa shape index (κ2) is 6.20. The second-order valence-corrected chi connectivity index (χ2v) is 6.19. The van der Waals surface area contributed by atoms with Crippen molar-refractivity contribution in [2.75, 3.05) is 0 Å². The van der Waals surface area contributed by atoms with Crippen LogP contribution < -0.4 is 5.32 Å². The number of hydrogen-bond acceptors (Lipinski definition) is 2.